The van der Waals surface area contributed by atoms with E-state index in [1.165, 1.54) is 30.9 Å². The number of rotatable bonds is 12. The minimum absolute atomic E-state index is 0.00120. The molecule has 0 aliphatic carbocycles. The van der Waals surface area contributed by atoms with Crippen molar-refractivity contribution in [3.05, 3.63) is 113 Å². The average Bonchev–Trinajstić information content (AvgIpc) is 2.90. The van der Waals surface area contributed by atoms with Crippen molar-refractivity contribution in [2.24, 2.45) is 0 Å². The number of amides is 1. The van der Waals surface area contributed by atoms with E-state index in [2.05, 4.69) is 11.9 Å². The van der Waals surface area contributed by atoms with Crippen molar-refractivity contribution in [1.29, 1.82) is 5.26 Å². The van der Waals surface area contributed by atoms with Gasteiger partial charge in [-0.05, 0) is 66.3 Å². The van der Waals surface area contributed by atoms with Crippen LogP contribution in [0.4, 0.5) is 4.39 Å². The normalized spacial score (nSPS) is 10.9. The van der Waals surface area contributed by atoms with Gasteiger partial charge in [-0.2, -0.15) is 5.26 Å². The summed E-state index contributed by atoms with van der Waals surface area (Å²) in [6.45, 7) is 4.50. The molecule has 0 saturated heterocycles. The minimum atomic E-state index is -0.425. The Morgan fingerprint density at radius 3 is 2.53 bits per heavy atom. The molecule has 0 bridgehead atoms. The Morgan fingerprint density at radius 2 is 1.86 bits per heavy atom. The highest BCUT2D eigenvalue weighted by Gasteiger charge is 2.15. The van der Waals surface area contributed by atoms with Crippen LogP contribution in [-0.4, -0.2) is 19.6 Å². The van der Waals surface area contributed by atoms with Crippen LogP contribution in [0, 0.1) is 17.1 Å². The number of hydrogen-bond donors (Lipinski definition) is 1. The van der Waals surface area contributed by atoms with Gasteiger partial charge in [-0.1, -0.05) is 48.5 Å². The molecule has 184 valence electrons. The van der Waals surface area contributed by atoms with Gasteiger partial charge in [-0.15, -0.1) is 6.58 Å². The Morgan fingerprint density at radius 1 is 1.11 bits per heavy atom. The second kappa shape index (κ2) is 13.5. The molecule has 36 heavy (non-hydrogen) atoms. The number of hydrogen-bond acceptors (Lipinski definition) is 4. The number of methoxy groups -OCH3 is 1. The second-order valence-corrected chi connectivity index (χ2v) is 8.13. The topological polar surface area (TPSA) is 71.4 Å². The molecule has 0 radical (unpaired) electrons. The SMILES string of the molecule is C=CCc1cc(/C=C(/C#N)C(=O)NCCCc2ccccc2)cc(OC)c1OCc1ccc(F)cc1. The van der Waals surface area contributed by atoms with E-state index < -0.39 is 5.91 Å². The summed E-state index contributed by atoms with van der Waals surface area (Å²) >= 11 is 0. The highest BCUT2D eigenvalue weighted by atomic mass is 19.1. The molecule has 0 aliphatic rings. The van der Waals surface area contributed by atoms with E-state index >= 15 is 0 Å². The lowest BCUT2D eigenvalue weighted by Gasteiger charge is -2.16. The van der Waals surface area contributed by atoms with Gasteiger partial charge < -0.3 is 14.8 Å². The van der Waals surface area contributed by atoms with E-state index in [0.29, 0.717) is 30.0 Å². The largest absolute Gasteiger partial charge is 0.493 e. The van der Waals surface area contributed by atoms with Gasteiger partial charge in [0.05, 0.1) is 7.11 Å². The van der Waals surface area contributed by atoms with Gasteiger partial charge in [0.25, 0.3) is 5.91 Å². The Labute approximate surface area is 211 Å². The fourth-order valence-corrected chi connectivity index (χ4v) is 3.68. The third-order valence-corrected chi connectivity index (χ3v) is 5.48. The lowest BCUT2D eigenvalue weighted by Crippen LogP contribution is -2.25. The molecule has 0 spiro atoms. The van der Waals surface area contributed by atoms with E-state index in [1.54, 1.807) is 24.3 Å². The number of aryl methyl sites for hydroxylation is 1. The predicted octanol–water partition coefficient (Wildman–Crippen LogP) is 5.80. The third kappa shape index (κ3) is 7.57. The molecule has 3 rings (SSSR count). The summed E-state index contributed by atoms with van der Waals surface area (Å²) in [4.78, 5) is 12.6. The van der Waals surface area contributed by atoms with Crippen molar-refractivity contribution < 1.29 is 18.7 Å². The highest BCUT2D eigenvalue weighted by Crippen LogP contribution is 2.35. The molecule has 0 heterocycles. The first-order chi connectivity index (χ1) is 17.5. The summed E-state index contributed by atoms with van der Waals surface area (Å²) in [5.74, 6) is 0.255. The quantitative estimate of drug-likeness (QED) is 0.153. The zero-order chi connectivity index (χ0) is 25.8. The summed E-state index contributed by atoms with van der Waals surface area (Å²) in [5, 5.41) is 12.4. The number of benzene rings is 3. The van der Waals surface area contributed by atoms with E-state index in [0.717, 1.165) is 24.0 Å². The monoisotopic (exact) mass is 484 g/mol. The van der Waals surface area contributed by atoms with Crippen LogP contribution < -0.4 is 14.8 Å². The smallest absolute Gasteiger partial charge is 0.261 e. The van der Waals surface area contributed by atoms with Crippen LogP contribution in [0.25, 0.3) is 6.08 Å². The van der Waals surface area contributed by atoms with Crippen LogP contribution in [0.3, 0.4) is 0 Å². The zero-order valence-corrected chi connectivity index (χ0v) is 20.3. The fourth-order valence-electron chi connectivity index (χ4n) is 3.68. The summed E-state index contributed by atoms with van der Waals surface area (Å²) in [7, 11) is 1.52. The van der Waals surface area contributed by atoms with Gasteiger partial charge in [0.15, 0.2) is 11.5 Å². The van der Waals surface area contributed by atoms with Crippen molar-refractivity contribution in [2.75, 3.05) is 13.7 Å². The Bertz CT molecular complexity index is 1250. The van der Waals surface area contributed by atoms with Crippen molar-refractivity contribution in [3.63, 3.8) is 0 Å². The third-order valence-electron chi connectivity index (χ3n) is 5.48. The lowest BCUT2D eigenvalue weighted by molar-refractivity contribution is -0.117. The van der Waals surface area contributed by atoms with Gasteiger partial charge in [0, 0.05) is 12.1 Å². The van der Waals surface area contributed by atoms with Crippen LogP contribution in [0.2, 0.25) is 0 Å². The number of nitriles is 1. The number of nitrogens with zero attached hydrogens (tertiary/aromatic N) is 1. The first kappa shape index (κ1) is 26.2. The number of allylic oxidation sites excluding steroid dienone is 1. The first-order valence-corrected chi connectivity index (χ1v) is 11.7. The van der Waals surface area contributed by atoms with Crippen molar-refractivity contribution in [3.8, 4) is 17.6 Å². The number of nitrogens with one attached hydrogen (secondary N) is 1. The molecule has 5 nitrogen and oxygen atoms in total. The molecule has 0 saturated carbocycles. The lowest BCUT2D eigenvalue weighted by atomic mass is 10.0. The Kier molecular flexibility index (Phi) is 9.84. The van der Waals surface area contributed by atoms with Gasteiger partial charge in [-0.3, -0.25) is 4.79 Å². The maximum absolute atomic E-state index is 13.2. The standard InChI is InChI=1S/C30H29FN2O3/c1-3-8-25-17-24(19-28(35-2)29(25)36-21-23-12-14-27(31)15-13-23)18-26(20-32)30(34)33-16-7-11-22-9-5-4-6-10-22/h3-6,9-10,12-15,17-19H,1,7-8,11,16,21H2,2H3,(H,33,34)/b26-18-. The molecule has 1 amide bonds. The molecule has 1 N–H and O–H groups in total. The fraction of sp³-hybridized carbons (Fsp3) is 0.200. The summed E-state index contributed by atoms with van der Waals surface area (Å²) in [6, 6.07) is 21.6. The number of ether oxygens (including phenoxy) is 2. The van der Waals surface area contributed by atoms with Crippen molar-refractivity contribution in [2.45, 2.75) is 25.9 Å². The van der Waals surface area contributed by atoms with E-state index in [9.17, 15) is 14.4 Å². The van der Waals surface area contributed by atoms with Crippen LogP contribution in [0.15, 0.2) is 85.0 Å². The maximum Gasteiger partial charge on any atom is 0.261 e. The number of carbonyl (C=O) groups is 1. The van der Waals surface area contributed by atoms with E-state index in [1.807, 2.05) is 42.5 Å². The molecule has 3 aromatic rings. The Hall–Kier alpha value is -4.37. The highest BCUT2D eigenvalue weighted by molar-refractivity contribution is 6.01. The van der Waals surface area contributed by atoms with Crippen LogP contribution in [0.5, 0.6) is 11.5 Å². The Balaban J connectivity index is 1.73. The summed E-state index contributed by atoms with van der Waals surface area (Å²) in [6.07, 6.45) is 5.37. The maximum atomic E-state index is 13.2. The molecule has 0 unspecified atom stereocenters. The van der Waals surface area contributed by atoms with Gasteiger partial charge >= 0.3 is 0 Å². The molecule has 3 aromatic carbocycles. The van der Waals surface area contributed by atoms with E-state index in [4.69, 9.17) is 9.47 Å². The van der Waals surface area contributed by atoms with Gasteiger partial charge in [0.1, 0.15) is 24.1 Å². The summed E-state index contributed by atoms with van der Waals surface area (Å²) < 4.78 is 24.8. The van der Waals surface area contributed by atoms with Crippen LogP contribution in [-0.2, 0) is 24.2 Å². The molecule has 6 heteroatoms. The average molecular weight is 485 g/mol. The predicted molar refractivity (Wildman–Crippen MR) is 139 cm³/mol. The number of halogens is 1. The second-order valence-electron chi connectivity index (χ2n) is 8.13. The molecular formula is C30H29FN2O3. The number of carbonyl (C=O) groups excluding carboxylic acids is 1. The zero-order valence-electron chi connectivity index (χ0n) is 20.3. The van der Waals surface area contributed by atoms with Gasteiger partial charge in [-0.25, -0.2) is 4.39 Å². The van der Waals surface area contributed by atoms with Crippen LogP contribution in [0.1, 0.15) is 28.7 Å². The van der Waals surface area contributed by atoms with E-state index in [-0.39, 0.29) is 18.0 Å². The first-order valence-electron chi connectivity index (χ1n) is 11.7. The van der Waals surface area contributed by atoms with Crippen molar-refractivity contribution in [1.82, 2.24) is 5.32 Å². The minimum Gasteiger partial charge on any atom is -0.493 e. The van der Waals surface area contributed by atoms with Crippen LogP contribution >= 0.6 is 0 Å². The summed E-state index contributed by atoms with van der Waals surface area (Å²) in [5.41, 5.74) is 3.43. The molecule has 0 fully saturated rings. The molecular weight excluding hydrogens is 455 g/mol. The van der Waals surface area contributed by atoms with Crippen molar-refractivity contribution >= 4 is 12.0 Å². The van der Waals surface area contributed by atoms with Gasteiger partial charge in [0.2, 0.25) is 0 Å². The molecule has 0 aromatic heterocycles. The molecule has 0 atom stereocenters. The molecule has 0 aliphatic heterocycles.